The molecule has 0 aromatic carbocycles. The summed E-state index contributed by atoms with van der Waals surface area (Å²) in [5.74, 6) is 1.40. The van der Waals surface area contributed by atoms with Gasteiger partial charge in [-0.3, -0.25) is 0 Å². The molecule has 1 radical (unpaired) electrons. The Labute approximate surface area is 134 Å². The molecule has 0 saturated carbocycles. The zero-order valence-electron chi connectivity index (χ0n) is 15.8. The maximum atomic E-state index is 5.45. The zero-order valence-corrected chi connectivity index (χ0v) is 15.8. The molecule has 0 amide bonds. The lowest BCUT2D eigenvalue weighted by molar-refractivity contribution is 0.183. The van der Waals surface area contributed by atoms with E-state index >= 15 is 0 Å². The van der Waals surface area contributed by atoms with Crippen LogP contribution in [0.25, 0.3) is 0 Å². The van der Waals surface area contributed by atoms with Gasteiger partial charge in [0, 0.05) is 13.2 Å². The van der Waals surface area contributed by atoms with Gasteiger partial charge in [0.2, 0.25) is 0 Å². The molecule has 0 heterocycles. The van der Waals surface area contributed by atoms with Crippen molar-refractivity contribution in [3.05, 3.63) is 0 Å². The average Bonchev–Trinajstić information content (AvgIpc) is 2.22. The molecule has 2 unspecified atom stereocenters. The minimum atomic E-state index is 0.406. The summed E-state index contributed by atoms with van der Waals surface area (Å²) in [4.78, 5) is 0. The van der Waals surface area contributed by atoms with Crippen LogP contribution in [0.4, 0.5) is 0 Å². The van der Waals surface area contributed by atoms with Gasteiger partial charge in [-0.15, -0.1) is 0 Å². The third-order valence-electron chi connectivity index (χ3n) is 3.51. The lowest BCUT2D eigenvalue weighted by Crippen LogP contribution is -2.15. The predicted octanol–water partition coefficient (Wildman–Crippen LogP) is 5.48. The van der Waals surface area contributed by atoms with Crippen molar-refractivity contribution in [2.24, 2.45) is 22.7 Å². The van der Waals surface area contributed by atoms with Crippen molar-refractivity contribution in [1.29, 1.82) is 0 Å². The van der Waals surface area contributed by atoms with Crippen LogP contribution in [-0.2, 0) is 9.31 Å². The maximum Gasteiger partial charge on any atom is 0.487 e. The van der Waals surface area contributed by atoms with Gasteiger partial charge in [0.05, 0.1) is 0 Å². The number of rotatable bonds is 10. The first-order valence-electron chi connectivity index (χ1n) is 8.54. The molecule has 0 aliphatic carbocycles. The molecule has 125 valence electrons. The molecule has 0 bridgehead atoms. The highest BCUT2D eigenvalue weighted by atomic mass is 16.6. The molecule has 0 fully saturated rings. The molecule has 0 saturated heterocycles. The summed E-state index contributed by atoms with van der Waals surface area (Å²) in [5.41, 5.74) is 0.811. The van der Waals surface area contributed by atoms with Crippen LogP contribution in [0.1, 0.15) is 81.1 Å². The molecular formula is C18H38BO2. The molecule has 0 aliphatic heterocycles. The molecule has 0 rings (SSSR count). The fourth-order valence-corrected chi connectivity index (χ4v) is 2.98. The van der Waals surface area contributed by atoms with Gasteiger partial charge < -0.3 is 9.31 Å². The van der Waals surface area contributed by atoms with Crippen LogP contribution >= 0.6 is 0 Å². The molecule has 0 aromatic heterocycles. The van der Waals surface area contributed by atoms with E-state index in [2.05, 4.69) is 55.4 Å². The summed E-state index contributed by atoms with van der Waals surface area (Å²) in [6, 6.07) is 0. The maximum absolute atomic E-state index is 5.45. The Kier molecular flexibility index (Phi) is 9.88. The number of hydrogen-bond acceptors (Lipinski definition) is 2. The quantitative estimate of drug-likeness (QED) is 0.393. The molecule has 0 aromatic rings. The van der Waals surface area contributed by atoms with E-state index in [0.29, 0.717) is 22.7 Å². The van der Waals surface area contributed by atoms with Crippen molar-refractivity contribution in [3.8, 4) is 0 Å². The fraction of sp³-hybridized carbons (Fsp3) is 1.00. The molecular weight excluding hydrogens is 259 g/mol. The first kappa shape index (κ1) is 21.0. The highest BCUT2D eigenvalue weighted by molar-refractivity contribution is 6.17. The van der Waals surface area contributed by atoms with Gasteiger partial charge >= 0.3 is 7.69 Å². The Morgan fingerprint density at radius 3 is 1.33 bits per heavy atom. The first-order chi connectivity index (χ1) is 9.49. The molecule has 0 N–H and O–H groups in total. The summed E-state index contributed by atoms with van der Waals surface area (Å²) in [6.07, 6.45) is 4.66. The Morgan fingerprint density at radius 1 is 0.714 bits per heavy atom. The van der Waals surface area contributed by atoms with Gasteiger partial charge in [0.1, 0.15) is 0 Å². The highest BCUT2D eigenvalue weighted by Crippen LogP contribution is 2.26. The van der Waals surface area contributed by atoms with Crippen molar-refractivity contribution in [2.75, 3.05) is 13.2 Å². The molecule has 21 heavy (non-hydrogen) atoms. The van der Waals surface area contributed by atoms with E-state index in [1.54, 1.807) is 0 Å². The van der Waals surface area contributed by atoms with Crippen LogP contribution in [0.5, 0.6) is 0 Å². The van der Waals surface area contributed by atoms with Gasteiger partial charge in [-0.25, -0.2) is 0 Å². The smallest absolute Gasteiger partial charge is 0.413 e. The van der Waals surface area contributed by atoms with Crippen LogP contribution in [0, 0.1) is 22.7 Å². The molecule has 2 atom stereocenters. The minimum Gasteiger partial charge on any atom is -0.413 e. The standard InChI is InChI=1S/C18H38BO2/c1-15(13-17(3,4)5)9-11-20-19-21-12-10-16(2)14-18(6,7)8/h15-16H,9-14H2,1-8H3. The van der Waals surface area contributed by atoms with E-state index < -0.39 is 0 Å². The Morgan fingerprint density at radius 2 is 1.05 bits per heavy atom. The molecule has 0 aliphatic rings. The lowest BCUT2D eigenvalue weighted by atomic mass is 9.84. The largest absolute Gasteiger partial charge is 0.487 e. The number of hydrogen-bond donors (Lipinski definition) is 0. The SMILES string of the molecule is CC(CCO[B]OCCC(C)CC(C)(C)C)CC(C)(C)C. The summed E-state index contributed by atoms with van der Waals surface area (Å²) in [6.45, 7) is 19.8. The second-order valence-corrected chi connectivity index (χ2v) is 9.16. The van der Waals surface area contributed by atoms with Gasteiger partial charge in [-0.2, -0.15) is 0 Å². The topological polar surface area (TPSA) is 18.5 Å². The second kappa shape index (κ2) is 9.89. The Hall–Kier alpha value is -0.0151. The fourth-order valence-electron chi connectivity index (χ4n) is 2.98. The third-order valence-corrected chi connectivity index (χ3v) is 3.51. The van der Waals surface area contributed by atoms with Crippen molar-refractivity contribution < 1.29 is 9.31 Å². The monoisotopic (exact) mass is 297 g/mol. The van der Waals surface area contributed by atoms with Gasteiger partial charge in [-0.1, -0.05) is 55.4 Å². The van der Waals surface area contributed by atoms with Crippen LogP contribution in [0.2, 0.25) is 0 Å². The van der Waals surface area contributed by atoms with Crippen molar-refractivity contribution in [2.45, 2.75) is 81.1 Å². The first-order valence-corrected chi connectivity index (χ1v) is 8.54. The summed E-state index contributed by atoms with van der Waals surface area (Å²) in [5, 5.41) is 0. The van der Waals surface area contributed by atoms with E-state index in [1.165, 1.54) is 20.5 Å². The predicted molar refractivity (Wildman–Crippen MR) is 93.4 cm³/mol. The average molecular weight is 297 g/mol. The zero-order chi connectivity index (χ0) is 16.5. The molecule has 2 nitrogen and oxygen atoms in total. The van der Waals surface area contributed by atoms with Crippen molar-refractivity contribution in [1.82, 2.24) is 0 Å². The summed E-state index contributed by atoms with van der Waals surface area (Å²) in [7, 11) is 1.54. The summed E-state index contributed by atoms with van der Waals surface area (Å²) >= 11 is 0. The van der Waals surface area contributed by atoms with Gasteiger partial charge in [-0.05, 0) is 48.3 Å². The highest BCUT2D eigenvalue weighted by Gasteiger charge is 2.16. The lowest BCUT2D eigenvalue weighted by Gasteiger charge is -2.23. The molecule has 0 spiro atoms. The van der Waals surface area contributed by atoms with Crippen LogP contribution in [0.15, 0.2) is 0 Å². The minimum absolute atomic E-state index is 0.406. The third kappa shape index (κ3) is 16.2. The van der Waals surface area contributed by atoms with Crippen LogP contribution in [0.3, 0.4) is 0 Å². The van der Waals surface area contributed by atoms with E-state index in [-0.39, 0.29) is 0 Å². The van der Waals surface area contributed by atoms with E-state index in [1.807, 2.05) is 0 Å². The Bertz CT molecular complexity index is 227. The second-order valence-electron chi connectivity index (χ2n) is 9.16. The van der Waals surface area contributed by atoms with Crippen molar-refractivity contribution >= 4 is 7.69 Å². The van der Waals surface area contributed by atoms with Crippen molar-refractivity contribution in [3.63, 3.8) is 0 Å². The Balaban J connectivity index is 3.45. The van der Waals surface area contributed by atoms with Gasteiger partial charge in [0.15, 0.2) is 0 Å². The van der Waals surface area contributed by atoms with Gasteiger partial charge in [0.25, 0.3) is 0 Å². The normalized spacial score (nSPS) is 15.8. The van der Waals surface area contributed by atoms with Crippen LogP contribution < -0.4 is 0 Å². The van der Waals surface area contributed by atoms with E-state index in [0.717, 1.165) is 26.1 Å². The van der Waals surface area contributed by atoms with E-state index in [4.69, 9.17) is 9.31 Å². The van der Waals surface area contributed by atoms with Crippen LogP contribution in [-0.4, -0.2) is 20.9 Å². The van der Waals surface area contributed by atoms with E-state index in [9.17, 15) is 0 Å². The molecule has 3 heteroatoms. The summed E-state index contributed by atoms with van der Waals surface area (Å²) < 4.78 is 10.9.